The number of methoxy groups -OCH3 is 1. The van der Waals surface area contributed by atoms with E-state index in [9.17, 15) is 19.2 Å². The Morgan fingerprint density at radius 2 is 1.55 bits per heavy atom. The molecule has 1 aliphatic carbocycles. The van der Waals surface area contributed by atoms with Crippen LogP contribution in [0, 0.1) is 5.41 Å². The number of amides is 4. The van der Waals surface area contributed by atoms with Crippen LogP contribution in [0.1, 0.15) is 78.6 Å². The van der Waals surface area contributed by atoms with Crippen molar-refractivity contribution in [1.82, 2.24) is 20.4 Å². The third kappa shape index (κ3) is 6.60. The molecule has 9 nitrogen and oxygen atoms in total. The lowest BCUT2D eigenvalue weighted by Gasteiger charge is -2.31. The quantitative estimate of drug-likeness (QED) is 0.607. The number of ether oxygens (including phenoxy) is 1. The van der Waals surface area contributed by atoms with Gasteiger partial charge in [-0.1, -0.05) is 40.0 Å². The minimum Gasteiger partial charge on any atom is -0.467 e. The molecule has 0 unspecified atom stereocenters. The first kappa shape index (κ1) is 25.3. The minimum absolute atomic E-state index is 0.105. The van der Waals surface area contributed by atoms with Crippen LogP contribution in [0.25, 0.3) is 0 Å². The molecule has 0 bridgehead atoms. The molecule has 0 aromatic carbocycles. The second-order valence-corrected chi connectivity index (χ2v) is 10.9. The Balaban J connectivity index is 1.70. The van der Waals surface area contributed by atoms with Gasteiger partial charge in [-0.2, -0.15) is 0 Å². The monoisotopic (exact) mass is 464 g/mol. The maximum Gasteiger partial charge on any atom is 0.328 e. The summed E-state index contributed by atoms with van der Waals surface area (Å²) in [6.07, 6.45) is 7.36. The number of nitrogens with one attached hydrogen (secondary N) is 2. The number of hydrogen-bond acceptors (Lipinski definition) is 5. The van der Waals surface area contributed by atoms with Gasteiger partial charge in [0.05, 0.1) is 13.2 Å². The van der Waals surface area contributed by atoms with Crippen molar-refractivity contribution in [2.45, 2.75) is 103 Å². The van der Waals surface area contributed by atoms with Crippen molar-refractivity contribution in [2.24, 2.45) is 5.41 Å². The van der Waals surface area contributed by atoms with Gasteiger partial charge in [0.25, 0.3) is 0 Å². The fourth-order valence-corrected chi connectivity index (χ4v) is 5.27. The second-order valence-electron chi connectivity index (χ2n) is 10.9. The van der Waals surface area contributed by atoms with Gasteiger partial charge >= 0.3 is 12.0 Å². The van der Waals surface area contributed by atoms with Gasteiger partial charge in [-0.3, -0.25) is 9.59 Å². The number of likely N-dealkylation sites (tertiary alicyclic amines) is 2. The first-order valence-corrected chi connectivity index (χ1v) is 12.3. The number of nitrogens with zero attached hydrogens (tertiary/aromatic N) is 2. The van der Waals surface area contributed by atoms with Crippen molar-refractivity contribution in [2.75, 3.05) is 20.2 Å². The van der Waals surface area contributed by atoms with Crippen molar-refractivity contribution in [3.63, 3.8) is 0 Å². The third-order valence-electron chi connectivity index (χ3n) is 6.87. The van der Waals surface area contributed by atoms with E-state index in [1.807, 2.05) is 20.8 Å². The molecular weight excluding hydrogens is 424 g/mol. The third-order valence-corrected chi connectivity index (χ3v) is 6.87. The van der Waals surface area contributed by atoms with E-state index in [-0.39, 0.29) is 35.3 Å². The lowest BCUT2D eigenvalue weighted by Crippen LogP contribution is -2.51. The number of carbonyl (C=O) groups excluding carboxylic acids is 4. The van der Waals surface area contributed by atoms with Gasteiger partial charge in [-0.15, -0.1) is 0 Å². The minimum atomic E-state index is -0.690. The van der Waals surface area contributed by atoms with Gasteiger partial charge in [-0.25, -0.2) is 9.59 Å². The van der Waals surface area contributed by atoms with E-state index in [4.69, 9.17) is 4.74 Å². The van der Waals surface area contributed by atoms with Crippen LogP contribution in [0.2, 0.25) is 0 Å². The highest BCUT2D eigenvalue weighted by Gasteiger charge is 2.46. The summed E-state index contributed by atoms with van der Waals surface area (Å²) in [6.45, 7) is 6.72. The van der Waals surface area contributed by atoms with Crippen LogP contribution < -0.4 is 10.6 Å². The van der Waals surface area contributed by atoms with Crippen molar-refractivity contribution >= 4 is 23.8 Å². The number of rotatable bonds is 5. The summed E-state index contributed by atoms with van der Waals surface area (Å²) in [5.41, 5.74) is -0.225. The number of urea groups is 1. The van der Waals surface area contributed by atoms with Crippen LogP contribution in [0.4, 0.5) is 4.79 Å². The molecule has 0 aromatic heterocycles. The van der Waals surface area contributed by atoms with Gasteiger partial charge in [0, 0.05) is 25.6 Å². The molecular formula is C24H40N4O5. The first-order valence-electron chi connectivity index (χ1n) is 12.3. The topological polar surface area (TPSA) is 108 Å². The highest BCUT2D eigenvalue weighted by Crippen LogP contribution is 2.29. The molecule has 3 fully saturated rings. The molecule has 2 N–H and O–H groups in total. The summed E-state index contributed by atoms with van der Waals surface area (Å²) in [6, 6.07) is -1.67. The Bertz CT molecular complexity index is 744. The molecule has 0 aromatic rings. The number of carbonyl (C=O) groups is 4. The zero-order chi connectivity index (χ0) is 24.2. The molecule has 0 radical (unpaired) electrons. The van der Waals surface area contributed by atoms with E-state index in [2.05, 4.69) is 10.6 Å². The summed E-state index contributed by atoms with van der Waals surface area (Å²) in [5, 5.41) is 6.03. The molecule has 2 heterocycles. The molecule has 186 valence electrons. The molecule has 0 spiro atoms. The maximum atomic E-state index is 13.5. The van der Waals surface area contributed by atoms with E-state index >= 15 is 0 Å². The summed E-state index contributed by atoms with van der Waals surface area (Å²) in [7, 11) is 1.32. The predicted molar refractivity (Wildman–Crippen MR) is 123 cm³/mol. The van der Waals surface area contributed by atoms with Crippen molar-refractivity contribution in [1.29, 1.82) is 0 Å². The molecule has 2 saturated heterocycles. The standard InChI is InChI=1S/C24H40N4O5/c1-24(2,3)14-20(29)28-15-17(26-23(32)25-16-9-6-5-7-10-16)13-19(28)21(30)27-12-8-11-18(27)22(31)33-4/h16-19H,5-15H2,1-4H3,(H2,25,26,32)/t17-,18+,19-/m0/s1. The normalized spacial score (nSPS) is 26.2. The summed E-state index contributed by atoms with van der Waals surface area (Å²) < 4.78 is 4.88. The molecule has 3 atom stereocenters. The zero-order valence-electron chi connectivity index (χ0n) is 20.5. The Hall–Kier alpha value is -2.32. The van der Waals surface area contributed by atoms with Gasteiger partial charge in [0.1, 0.15) is 12.1 Å². The van der Waals surface area contributed by atoms with E-state index in [0.717, 1.165) is 32.1 Å². The largest absolute Gasteiger partial charge is 0.467 e. The summed E-state index contributed by atoms with van der Waals surface area (Å²) >= 11 is 0. The van der Waals surface area contributed by atoms with Gasteiger partial charge < -0.3 is 25.2 Å². The molecule has 4 amide bonds. The highest BCUT2D eigenvalue weighted by molar-refractivity contribution is 5.92. The first-order chi connectivity index (χ1) is 15.6. The lowest BCUT2D eigenvalue weighted by atomic mass is 9.91. The van der Waals surface area contributed by atoms with E-state index in [1.165, 1.54) is 13.5 Å². The van der Waals surface area contributed by atoms with E-state index in [0.29, 0.717) is 32.4 Å². The van der Waals surface area contributed by atoms with E-state index < -0.39 is 18.1 Å². The van der Waals surface area contributed by atoms with Crippen molar-refractivity contribution in [3.05, 3.63) is 0 Å². The fraction of sp³-hybridized carbons (Fsp3) is 0.833. The van der Waals surface area contributed by atoms with Gasteiger partial charge in [0.2, 0.25) is 11.8 Å². The van der Waals surface area contributed by atoms with Crippen LogP contribution in [0.3, 0.4) is 0 Å². The van der Waals surface area contributed by atoms with Crippen molar-refractivity contribution in [3.8, 4) is 0 Å². The lowest BCUT2D eigenvalue weighted by molar-refractivity contribution is -0.153. The van der Waals surface area contributed by atoms with Gasteiger partial charge in [0.15, 0.2) is 0 Å². The molecule has 33 heavy (non-hydrogen) atoms. The van der Waals surface area contributed by atoms with Crippen LogP contribution in [-0.4, -0.2) is 78.0 Å². The molecule has 9 heteroatoms. The SMILES string of the molecule is COC(=O)[C@H]1CCCN1C(=O)[C@@H]1C[C@H](NC(=O)NC2CCCCC2)CN1C(=O)CC(C)(C)C. The van der Waals surface area contributed by atoms with Crippen LogP contribution >= 0.6 is 0 Å². The molecule has 2 aliphatic heterocycles. The average molecular weight is 465 g/mol. The molecule has 3 aliphatic rings. The van der Waals surface area contributed by atoms with Gasteiger partial charge in [-0.05, 0) is 37.5 Å². The zero-order valence-corrected chi connectivity index (χ0v) is 20.5. The Morgan fingerprint density at radius 1 is 0.879 bits per heavy atom. The van der Waals surface area contributed by atoms with Crippen molar-refractivity contribution < 1.29 is 23.9 Å². The average Bonchev–Trinajstić information content (AvgIpc) is 3.39. The van der Waals surface area contributed by atoms with E-state index in [1.54, 1.807) is 9.80 Å². The Labute approximate surface area is 196 Å². The summed E-state index contributed by atoms with van der Waals surface area (Å²) in [4.78, 5) is 54.6. The van der Waals surface area contributed by atoms with Crippen LogP contribution in [0.15, 0.2) is 0 Å². The fourth-order valence-electron chi connectivity index (χ4n) is 5.27. The smallest absolute Gasteiger partial charge is 0.328 e. The molecule has 1 saturated carbocycles. The van der Waals surface area contributed by atoms with Crippen LogP contribution in [0.5, 0.6) is 0 Å². The summed E-state index contributed by atoms with van der Waals surface area (Å²) in [5.74, 6) is -0.762. The number of hydrogen-bond donors (Lipinski definition) is 2. The Kier molecular flexibility index (Phi) is 8.23. The predicted octanol–water partition coefficient (Wildman–Crippen LogP) is 2.19. The Morgan fingerprint density at radius 3 is 2.18 bits per heavy atom. The maximum absolute atomic E-state index is 13.5. The molecule has 3 rings (SSSR count). The van der Waals surface area contributed by atoms with Crippen LogP contribution in [-0.2, 0) is 19.1 Å². The number of esters is 1. The second kappa shape index (κ2) is 10.7. The highest BCUT2D eigenvalue weighted by atomic mass is 16.5.